The summed E-state index contributed by atoms with van der Waals surface area (Å²) < 4.78 is 2.09. The molecule has 1 aliphatic heterocycles. The zero-order chi connectivity index (χ0) is 23.7. The molecule has 7 nitrogen and oxygen atoms in total. The molecule has 0 bridgehead atoms. The Labute approximate surface area is 199 Å². The van der Waals surface area contributed by atoms with E-state index in [1.165, 1.54) is 30.7 Å². The number of nitriles is 1. The number of hydrogen-bond donors (Lipinski definition) is 0. The minimum atomic E-state index is -0.153. The number of pyridine rings is 2. The third kappa shape index (κ3) is 4.33. The van der Waals surface area contributed by atoms with Crippen molar-refractivity contribution < 1.29 is 9.59 Å². The second kappa shape index (κ2) is 9.38. The second-order valence-electron chi connectivity index (χ2n) is 9.61. The van der Waals surface area contributed by atoms with Crippen LogP contribution in [0.4, 0.5) is 0 Å². The van der Waals surface area contributed by atoms with Crippen molar-refractivity contribution in [2.75, 3.05) is 13.1 Å². The van der Waals surface area contributed by atoms with E-state index in [0.717, 1.165) is 49.7 Å². The average Bonchev–Trinajstić information content (AvgIpc) is 3.52. The highest BCUT2D eigenvalue weighted by Gasteiger charge is 2.31. The van der Waals surface area contributed by atoms with Crippen molar-refractivity contribution in [1.29, 1.82) is 5.26 Å². The molecular weight excluding hydrogens is 426 g/mol. The number of carbonyl (C=O) groups is 2. The quantitative estimate of drug-likeness (QED) is 0.539. The lowest BCUT2D eigenvalue weighted by molar-refractivity contribution is -0.136. The number of ketones is 1. The number of amides is 1. The molecule has 0 N–H and O–H groups in total. The van der Waals surface area contributed by atoms with Crippen LogP contribution in [0.15, 0.2) is 36.8 Å². The van der Waals surface area contributed by atoms with Gasteiger partial charge in [0.05, 0.1) is 29.8 Å². The molecule has 2 aliphatic rings. The van der Waals surface area contributed by atoms with Crippen molar-refractivity contribution in [2.45, 2.75) is 50.9 Å². The van der Waals surface area contributed by atoms with Crippen LogP contribution in [0.5, 0.6) is 0 Å². The van der Waals surface area contributed by atoms with Crippen LogP contribution in [-0.2, 0) is 18.3 Å². The predicted octanol–water partition coefficient (Wildman–Crippen LogP) is 4.16. The second-order valence-corrected chi connectivity index (χ2v) is 9.61. The molecule has 1 amide bonds. The first-order chi connectivity index (χ1) is 16.5. The van der Waals surface area contributed by atoms with Crippen molar-refractivity contribution in [3.8, 4) is 6.07 Å². The third-order valence-electron chi connectivity index (χ3n) is 7.43. The Morgan fingerprint density at radius 2 is 1.88 bits per heavy atom. The lowest BCUT2D eigenvalue weighted by atomic mass is 9.88. The van der Waals surface area contributed by atoms with Crippen molar-refractivity contribution >= 4 is 22.6 Å². The van der Waals surface area contributed by atoms with Crippen LogP contribution in [0.25, 0.3) is 10.9 Å². The maximum absolute atomic E-state index is 12.8. The van der Waals surface area contributed by atoms with E-state index in [1.54, 1.807) is 6.07 Å². The van der Waals surface area contributed by atoms with E-state index in [9.17, 15) is 9.59 Å². The zero-order valence-corrected chi connectivity index (χ0v) is 19.5. The first-order valence-corrected chi connectivity index (χ1v) is 12.2. The van der Waals surface area contributed by atoms with Gasteiger partial charge in [0.2, 0.25) is 5.91 Å². The highest BCUT2D eigenvalue weighted by atomic mass is 16.2. The number of carbonyl (C=O) groups excluding carboxylic acids is 2. The molecule has 1 aliphatic carbocycles. The molecule has 3 aromatic heterocycles. The van der Waals surface area contributed by atoms with Crippen LogP contribution in [-0.4, -0.2) is 44.2 Å². The molecule has 0 atom stereocenters. The highest BCUT2D eigenvalue weighted by molar-refractivity contribution is 5.96. The number of aromatic nitrogens is 3. The van der Waals surface area contributed by atoms with Crippen molar-refractivity contribution in [3.05, 3.63) is 59.3 Å². The molecule has 3 aromatic rings. The van der Waals surface area contributed by atoms with Crippen LogP contribution in [0.1, 0.15) is 71.8 Å². The summed E-state index contributed by atoms with van der Waals surface area (Å²) in [6.45, 7) is 1.63. The molecule has 174 valence electrons. The standard InChI is InChI=1S/C27H29N5O2/c1-31-17-23(19-7-10-32(11-8-19)27(34)20-4-2-3-5-20)22-13-21(30-16-25(22)31)14-26(33)24-12-18(15-28)6-9-29-24/h6,9,12-13,16-17,19-20H,2-5,7-8,10-11,14H2,1H3. The molecule has 0 spiro atoms. The van der Waals surface area contributed by atoms with Crippen molar-refractivity contribution in [3.63, 3.8) is 0 Å². The predicted molar refractivity (Wildman–Crippen MR) is 128 cm³/mol. The number of Topliss-reactive ketones (excluding diaryl/α,β-unsaturated/α-hetero) is 1. The third-order valence-corrected chi connectivity index (χ3v) is 7.43. The Bertz CT molecular complexity index is 1270. The number of fused-ring (bicyclic) bond motifs is 1. The lowest BCUT2D eigenvalue weighted by Crippen LogP contribution is -2.40. The zero-order valence-electron chi connectivity index (χ0n) is 19.5. The Kier molecular flexibility index (Phi) is 6.14. The lowest BCUT2D eigenvalue weighted by Gasteiger charge is -2.33. The van der Waals surface area contributed by atoms with Gasteiger partial charge in [-0.15, -0.1) is 0 Å². The summed E-state index contributed by atoms with van der Waals surface area (Å²) in [6, 6.07) is 7.18. The number of likely N-dealkylation sites (tertiary alicyclic amines) is 1. The fourth-order valence-electron chi connectivity index (χ4n) is 5.52. The fraction of sp³-hybridized carbons (Fsp3) is 0.444. The first-order valence-electron chi connectivity index (χ1n) is 12.2. The largest absolute Gasteiger partial charge is 0.349 e. The number of rotatable bonds is 5. The molecule has 5 rings (SSSR count). The van der Waals surface area contributed by atoms with Gasteiger partial charge < -0.3 is 9.47 Å². The van der Waals surface area contributed by atoms with E-state index in [0.29, 0.717) is 23.1 Å². The fourth-order valence-corrected chi connectivity index (χ4v) is 5.52. The summed E-state index contributed by atoms with van der Waals surface area (Å²) in [5.41, 5.74) is 3.72. The van der Waals surface area contributed by atoms with Gasteiger partial charge in [0.1, 0.15) is 5.69 Å². The van der Waals surface area contributed by atoms with E-state index in [2.05, 4.69) is 25.6 Å². The summed E-state index contributed by atoms with van der Waals surface area (Å²) >= 11 is 0. The summed E-state index contributed by atoms with van der Waals surface area (Å²) in [7, 11) is 2.02. The molecule has 7 heteroatoms. The Hall–Kier alpha value is -3.53. The topological polar surface area (TPSA) is 91.9 Å². The van der Waals surface area contributed by atoms with Gasteiger partial charge in [-0.3, -0.25) is 19.6 Å². The molecule has 4 heterocycles. The normalized spacial score (nSPS) is 17.2. The smallest absolute Gasteiger partial charge is 0.225 e. The van der Waals surface area contributed by atoms with E-state index in [4.69, 9.17) is 5.26 Å². The van der Waals surface area contributed by atoms with Gasteiger partial charge in [0.25, 0.3) is 0 Å². The summed E-state index contributed by atoms with van der Waals surface area (Å²) in [5, 5.41) is 10.2. The summed E-state index contributed by atoms with van der Waals surface area (Å²) in [4.78, 5) is 36.3. The van der Waals surface area contributed by atoms with Gasteiger partial charge in [0, 0.05) is 49.5 Å². The van der Waals surface area contributed by atoms with E-state index >= 15 is 0 Å². The summed E-state index contributed by atoms with van der Waals surface area (Å²) in [5.74, 6) is 0.827. The minimum absolute atomic E-state index is 0.139. The van der Waals surface area contributed by atoms with E-state index in [1.807, 2.05) is 25.4 Å². The molecule has 2 fully saturated rings. The maximum atomic E-state index is 12.8. The van der Waals surface area contributed by atoms with Gasteiger partial charge in [0.15, 0.2) is 5.78 Å². The Balaban J connectivity index is 1.32. The van der Waals surface area contributed by atoms with Gasteiger partial charge in [-0.1, -0.05) is 12.8 Å². The van der Waals surface area contributed by atoms with Gasteiger partial charge in [-0.2, -0.15) is 5.26 Å². The summed E-state index contributed by atoms with van der Waals surface area (Å²) in [6.07, 6.45) is 12.0. The number of nitrogens with zero attached hydrogens (tertiary/aromatic N) is 5. The number of hydrogen-bond acceptors (Lipinski definition) is 5. The molecule has 0 radical (unpaired) electrons. The maximum Gasteiger partial charge on any atom is 0.225 e. The molecule has 0 aromatic carbocycles. The SMILES string of the molecule is Cn1cc(C2CCN(C(=O)C3CCCC3)CC2)c2cc(CC(=O)c3cc(C#N)ccn3)ncc21. The molecule has 1 saturated carbocycles. The van der Waals surface area contributed by atoms with Crippen molar-refractivity contribution in [1.82, 2.24) is 19.4 Å². The van der Waals surface area contributed by atoms with Gasteiger partial charge in [-0.05, 0) is 55.4 Å². The minimum Gasteiger partial charge on any atom is -0.349 e. The number of aryl methyl sites for hydroxylation is 1. The Morgan fingerprint density at radius 3 is 2.62 bits per heavy atom. The first kappa shape index (κ1) is 22.3. The van der Waals surface area contributed by atoms with E-state index in [-0.39, 0.29) is 23.8 Å². The molecular formula is C27H29N5O2. The van der Waals surface area contributed by atoms with Crippen LogP contribution in [0.3, 0.4) is 0 Å². The van der Waals surface area contributed by atoms with Crippen molar-refractivity contribution in [2.24, 2.45) is 13.0 Å². The Morgan fingerprint density at radius 1 is 1.12 bits per heavy atom. The highest BCUT2D eigenvalue weighted by Crippen LogP contribution is 2.36. The molecule has 1 saturated heterocycles. The van der Waals surface area contributed by atoms with Gasteiger partial charge in [-0.25, -0.2) is 0 Å². The van der Waals surface area contributed by atoms with Crippen LogP contribution < -0.4 is 0 Å². The van der Waals surface area contributed by atoms with Gasteiger partial charge >= 0.3 is 0 Å². The average molecular weight is 456 g/mol. The molecule has 34 heavy (non-hydrogen) atoms. The number of piperidine rings is 1. The molecule has 0 unspecified atom stereocenters. The monoisotopic (exact) mass is 455 g/mol. The van der Waals surface area contributed by atoms with Crippen LogP contribution in [0.2, 0.25) is 0 Å². The van der Waals surface area contributed by atoms with Crippen LogP contribution in [0, 0.1) is 17.2 Å². The van der Waals surface area contributed by atoms with E-state index < -0.39 is 0 Å². The van der Waals surface area contributed by atoms with Crippen LogP contribution >= 0.6 is 0 Å².